The van der Waals surface area contributed by atoms with Crippen molar-refractivity contribution in [3.05, 3.63) is 40.5 Å². The van der Waals surface area contributed by atoms with Gasteiger partial charge in [0.1, 0.15) is 5.02 Å². The van der Waals surface area contributed by atoms with Crippen molar-refractivity contribution < 1.29 is 8.42 Å². The van der Waals surface area contributed by atoms with E-state index in [-0.39, 0.29) is 12.1 Å². The van der Waals surface area contributed by atoms with Gasteiger partial charge in [0, 0.05) is 30.9 Å². The van der Waals surface area contributed by atoms with Crippen LogP contribution >= 0.6 is 11.6 Å². The highest BCUT2D eigenvalue weighted by molar-refractivity contribution is 7.88. The van der Waals surface area contributed by atoms with Crippen LogP contribution in [-0.2, 0) is 22.9 Å². The molecule has 34 heavy (non-hydrogen) atoms. The highest BCUT2D eigenvalue weighted by Gasteiger charge is 2.28. The van der Waals surface area contributed by atoms with E-state index in [0.29, 0.717) is 23.3 Å². The fourth-order valence-electron chi connectivity index (χ4n) is 4.69. The lowest BCUT2D eigenvalue weighted by atomic mass is 9.91. The summed E-state index contributed by atoms with van der Waals surface area (Å²) in [7, 11) is -3.31. The molecule has 1 saturated carbocycles. The molecule has 1 aliphatic heterocycles. The molecule has 0 unspecified atom stereocenters. The number of halogens is 1. The molecular weight excluding hydrogens is 472 g/mol. The minimum absolute atomic E-state index is 0.0952. The Bertz CT molecular complexity index is 1170. The predicted octanol–water partition coefficient (Wildman–Crippen LogP) is 3.18. The topological polar surface area (TPSA) is 99.2 Å². The Hall–Kier alpha value is -2.38. The number of anilines is 3. The Morgan fingerprint density at radius 2 is 1.91 bits per heavy atom. The van der Waals surface area contributed by atoms with Gasteiger partial charge in [-0.1, -0.05) is 36.4 Å². The Kier molecular flexibility index (Phi) is 7.94. The van der Waals surface area contributed by atoms with Gasteiger partial charge in [0.05, 0.1) is 19.0 Å². The third-order valence-corrected chi connectivity index (χ3v) is 7.38. The van der Waals surface area contributed by atoms with Gasteiger partial charge in [-0.2, -0.15) is 4.98 Å². The maximum atomic E-state index is 11.8. The molecule has 2 heterocycles. The first-order valence-corrected chi connectivity index (χ1v) is 13.9. The van der Waals surface area contributed by atoms with Crippen molar-refractivity contribution in [3.8, 4) is 12.3 Å². The van der Waals surface area contributed by atoms with Crippen molar-refractivity contribution in [1.82, 2.24) is 19.6 Å². The average molecular weight is 503 g/mol. The number of benzene rings is 1. The third kappa shape index (κ3) is 6.60. The Morgan fingerprint density at radius 1 is 1.18 bits per heavy atom. The van der Waals surface area contributed by atoms with Gasteiger partial charge in [-0.3, -0.25) is 4.90 Å². The largest absolute Gasteiger partial charge is 0.364 e. The average Bonchev–Trinajstić information content (AvgIpc) is 2.99. The van der Waals surface area contributed by atoms with Crippen LogP contribution in [0.25, 0.3) is 0 Å². The smallest absolute Gasteiger partial charge is 0.229 e. The van der Waals surface area contributed by atoms with Crippen LogP contribution in [0.5, 0.6) is 0 Å². The summed E-state index contributed by atoms with van der Waals surface area (Å²) in [5.74, 6) is 3.66. The first-order chi connectivity index (χ1) is 16.3. The molecule has 1 aromatic carbocycles. The predicted molar refractivity (Wildman–Crippen MR) is 137 cm³/mol. The summed E-state index contributed by atoms with van der Waals surface area (Å²) in [5, 5.41) is 7.03. The van der Waals surface area contributed by atoms with Gasteiger partial charge in [-0.05, 0) is 48.9 Å². The van der Waals surface area contributed by atoms with Crippen LogP contribution in [0.4, 0.5) is 17.5 Å². The first-order valence-electron chi connectivity index (χ1n) is 11.6. The molecule has 0 spiro atoms. The Balaban J connectivity index is 1.47. The number of terminal acetylenes is 1. The summed E-state index contributed by atoms with van der Waals surface area (Å²) in [5.41, 5.74) is 3.55. The molecule has 2 atom stereocenters. The van der Waals surface area contributed by atoms with E-state index in [0.717, 1.165) is 57.3 Å². The van der Waals surface area contributed by atoms with Crippen molar-refractivity contribution >= 4 is 39.1 Å². The molecule has 1 fully saturated rings. The monoisotopic (exact) mass is 502 g/mol. The highest BCUT2D eigenvalue weighted by atomic mass is 35.5. The second kappa shape index (κ2) is 10.9. The lowest BCUT2D eigenvalue weighted by Gasteiger charge is -2.32. The van der Waals surface area contributed by atoms with Gasteiger partial charge in [-0.15, -0.1) is 6.42 Å². The van der Waals surface area contributed by atoms with Gasteiger partial charge < -0.3 is 10.6 Å². The highest BCUT2D eigenvalue weighted by Crippen LogP contribution is 2.28. The van der Waals surface area contributed by atoms with E-state index in [1.807, 2.05) is 6.07 Å². The number of aromatic nitrogens is 2. The summed E-state index contributed by atoms with van der Waals surface area (Å²) in [4.78, 5) is 11.2. The van der Waals surface area contributed by atoms with Crippen molar-refractivity contribution in [2.75, 3.05) is 36.5 Å². The van der Waals surface area contributed by atoms with Crippen LogP contribution < -0.4 is 15.4 Å². The van der Waals surface area contributed by atoms with Crippen LogP contribution in [-0.4, -0.2) is 61.3 Å². The summed E-state index contributed by atoms with van der Waals surface area (Å²) in [6.45, 7) is 2.58. The molecule has 10 heteroatoms. The van der Waals surface area contributed by atoms with E-state index >= 15 is 0 Å². The summed E-state index contributed by atoms with van der Waals surface area (Å²) < 4.78 is 26.3. The van der Waals surface area contributed by atoms with E-state index in [1.165, 1.54) is 17.4 Å². The second-order valence-electron chi connectivity index (χ2n) is 9.01. The molecule has 0 amide bonds. The zero-order chi connectivity index (χ0) is 24.1. The molecule has 4 rings (SSSR count). The van der Waals surface area contributed by atoms with Crippen molar-refractivity contribution in [2.24, 2.45) is 0 Å². The van der Waals surface area contributed by atoms with E-state index in [9.17, 15) is 8.42 Å². The van der Waals surface area contributed by atoms with E-state index in [2.05, 4.69) is 48.3 Å². The minimum atomic E-state index is -3.31. The Morgan fingerprint density at radius 3 is 2.65 bits per heavy atom. The summed E-state index contributed by atoms with van der Waals surface area (Å²) >= 11 is 6.38. The van der Waals surface area contributed by atoms with Crippen molar-refractivity contribution in [1.29, 1.82) is 0 Å². The number of sulfonamides is 1. The van der Waals surface area contributed by atoms with Crippen LogP contribution in [0.1, 0.15) is 36.8 Å². The standard InChI is InChI=1S/C24H31ClN6O2S/c1-3-12-31-13-10-17-8-9-19(15-18(17)11-14-31)27-24-26-16-20(25)23(29-24)28-21-6-4-5-7-22(21)30-34(2,32)33/h1,8-9,15-16,21-22,30H,4-7,10-14H2,2H3,(H2,26,27,28,29)/t21-,22-/m1/s1. The molecule has 8 nitrogen and oxygen atoms in total. The molecule has 1 aliphatic carbocycles. The van der Waals surface area contributed by atoms with E-state index in [4.69, 9.17) is 18.0 Å². The molecule has 0 saturated heterocycles. The maximum absolute atomic E-state index is 11.8. The number of nitrogens with one attached hydrogen (secondary N) is 3. The van der Waals surface area contributed by atoms with Gasteiger partial charge >= 0.3 is 0 Å². The lowest BCUT2D eigenvalue weighted by molar-refractivity contribution is 0.323. The first kappa shape index (κ1) is 24.7. The Labute approximate surface area is 206 Å². The van der Waals surface area contributed by atoms with E-state index < -0.39 is 10.0 Å². The molecule has 1 aromatic heterocycles. The molecular formula is C24H31ClN6O2S. The van der Waals surface area contributed by atoms with Crippen LogP contribution in [0.2, 0.25) is 5.02 Å². The van der Waals surface area contributed by atoms with Crippen molar-refractivity contribution in [3.63, 3.8) is 0 Å². The minimum Gasteiger partial charge on any atom is -0.364 e. The fourth-order valence-corrected chi connectivity index (χ4v) is 5.67. The molecule has 2 aliphatic rings. The summed E-state index contributed by atoms with van der Waals surface area (Å²) in [6, 6.07) is 6.03. The van der Waals surface area contributed by atoms with Crippen LogP contribution in [0, 0.1) is 12.3 Å². The third-order valence-electron chi connectivity index (χ3n) is 6.37. The van der Waals surface area contributed by atoms with E-state index in [1.54, 1.807) is 6.20 Å². The van der Waals surface area contributed by atoms with Gasteiger partial charge in [0.15, 0.2) is 5.82 Å². The molecule has 2 aromatic rings. The number of fused-ring (bicyclic) bond motifs is 1. The van der Waals surface area contributed by atoms with Gasteiger partial charge in [0.2, 0.25) is 16.0 Å². The second-order valence-corrected chi connectivity index (χ2v) is 11.2. The zero-order valence-corrected chi connectivity index (χ0v) is 20.9. The lowest BCUT2D eigenvalue weighted by Crippen LogP contribution is -2.48. The normalized spacial score (nSPS) is 21.2. The van der Waals surface area contributed by atoms with Gasteiger partial charge in [-0.25, -0.2) is 18.1 Å². The number of nitrogens with zero attached hydrogens (tertiary/aromatic N) is 3. The van der Waals surface area contributed by atoms with Crippen LogP contribution in [0.15, 0.2) is 24.4 Å². The van der Waals surface area contributed by atoms with Gasteiger partial charge in [0.25, 0.3) is 0 Å². The number of hydrogen-bond donors (Lipinski definition) is 3. The quantitative estimate of drug-likeness (QED) is 0.500. The molecule has 0 radical (unpaired) electrons. The molecule has 182 valence electrons. The molecule has 0 bridgehead atoms. The number of hydrogen-bond acceptors (Lipinski definition) is 7. The zero-order valence-electron chi connectivity index (χ0n) is 19.3. The fraction of sp³-hybridized carbons (Fsp3) is 0.500. The molecule has 3 N–H and O–H groups in total. The summed E-state index contributed by atoms with van der Waals surface area (Å²) in [6.07, 6.45) is 13.7. The maximum Gasteiger partial charge on any atom is 0.229 e. The van der Waals surface area contributed by atoms with Crippen LogP contribution in [0.3, 0.4) is 0 Å². The van der Waals surface area contributed by atoms with Crippen molar-refractivity contribution in [2.45, 2.75) is 50.6 Å². The SMILES string of the molecule is C#CCN1CCc2ccc(Nc3ncc(Cl)c(N[C@@H]4CCCC[C@H]4NS(C)(=O)=O)n3)cc2CC1. The number of rotatable bonds is 7.